The lowest BCUT2D eigenvalue weighted by Crippen LogP contribution is -2.40. The molecular formula is C9H21IN2O2S. The molecule has 0 atom stereocenters. The number of hydrogen-bond acceptors (Lipinski definition) is 2. The molecule has 15 heavy (non-hydrogen) atoms. The second kappa shape index (κ2) is 8.72. The molecule has 0 heterocycles. The Hall–Kier alpha value is 0.600. The van der Waals surface area contributed by atoms with Crippen molar-refractivity contribution >= 4 is 32.8 Å². The molecule has 0 amide bonds. The van der Waals surface area contributed by atoms with Crippen molar-refractivity contribution in [2.24, 2.45) is 0 Å². The molecule has 0 bridgehead atoms. The van der Waals surface area contributed by atoms with Crippen LogP contribution in [0.5, 0.6) is 0 Å². The van der Waals surface area contributed by atoms with Crippen LogP contribution in [0.2, 0.25) is 0 Å². The Bertz CT molecular complexity index is 240. The Kier molecular flexibility index (Phi) is 9.07. The monoisotopic (exact) mass is 348 g/mol. The van der Waals surface area contributed by atoms with Crippen molar-refractivity contribution in [1.82, 2.24) is 9.03 Å². The van der Waals surface area contributed by atoms with Crippen molar-refractivity contribution < 1.29 is 8.42 Å². The first kappa shape index (κ1) is 15.6. The molecule has 6 heteroatoms. The van der Waals surface area contributed by atoms with Crippen LogP contribution in [0, 0.1) is 0 Å². The van der Waals surface area contributed by atoms with Gasteiger partial charge >= 0.3 is 0 Å². The molecule has 0 aromatic carbocycles. The van der Waals surface area contributed by atoms with Crippen LogP contribution in [0.1, 0.15) is 33.1 Å². The topological polar surface area (TPSA) is 49.4 Å². The summed E-state index contributed by atoms with van der Waals surface area (Å²) in [4.78, 5) is 0. The van der Waals surface area contributed by atoms with Crippen LogP contribution < -0.4 is 4.72 Å². The van der Waals surface area contributed by atoms with Crippen LogP contribution in [-0.2, 0) is 10.2 Å². The van der Waals surface area contributed by atoms with E-state index in [1.165, 1.54) is 4.31 Å². The second-order valence-corrected chi connectivity index (χ2v) is 6.07. The van der Waals surface area contributed by atoms with E-state index in [2.05, 4.69) is 27.3 Å². The summed E-state index contributed by atoms with van der Waals surface area (Å²) in [5.41, 5.74) is 0. The van der Waals surface area contributed by atoms with Crippen molar-refractivity contribution in [3.63, 3.8) is 0 Å². The molecule has 0 rings (SSSR count). The van der Waals surface area contributed by atoms with Gasteiger partial charge in [-0.05, 0) is 17.3 Å². The van der Waals surface area contributed by atoms with E-state index in [4.69, 9.17) is 0 Å². The van der Waals surface area contributed by atoms with Gasteiger partial charge in [0, 0.05) is 19.6 Å². The Balaban J connectivity index is 3.83. The molecule has 0 spiro atoms. The normalized spacial score (nSPS) is 12.3. The van der Waals surface area contributed by atoms with Gasteiger partial charge in [-0.3, -0.25) is 0 Å². The first-order chi connectivity index (χ1) is 7.08. The smallest absolute Gasteiger partial charge is 0.202 e. The Morgan fingerprint density at radius 1 is 1.13 bits per heavy atom. The summed E-state index contributed by atoms with van der Waals surface area (Å²) >= 11 is 2.33. The van der Waals surface area contributed by atoms with E-state index in [1.54, 1.807) is 0 Å². The lowest BCUT2D eigenvalue weighted by Gasteiger charge is -2.18. The van der Waals surface area contributed by atoms with Crippen molar-refractivity contribution in [2.75, 3.05) is 24.1 Å². The second-order valence-electron chi connectivity index (χ2n) is 3.23. The van der Waals surface area contributed by atoms with E-state index in [0.29, 0.717) is 19.6 Å². The zero-order valence-corrected chi connectivity index (χ0v) is 12.5. The van der Waals surface area contributed by atoms with Crippen LogP contribution in [0.4, 0.5) is 0 Å². The maximum Gasteiger partial charge on any atom is 0.279 e. The van der Waals surface area contributed by atoms with Gasteiger partial charge in [-0.25, -0.2) is 4.72 Å². The van der Waals surface area contributed by atoms with Gasteiger partial charge in [0.05, 0.1) is 0 Å². The Morgan fingerprint density at radius 3 is 2.20 bits per heavy atom. The highest BCUT2D eigenvalue weighted by molar-refractivity contribution is 14.1. The van der Waals surface area contributed by atoms with Crippen LogP contribution in [0.25, 0.3) is 0 Å². The highest BCUT2D eigenvalue weighted by Gasteiger charge is 2.16. The first-order valence-corrected chi connectivity index (χ1v) is 8.35. The highest BCUT2D eigenvalue weighted by atomic mass is 127. The molecule has 0 saturated carbocycles. The molecule has 92 valence electrons. The van der Waals surface area contributed by atoms with E-state index in [-0.39, 0.29) is 0 Å². The molecule has 0 saturated heterocycles. The van der Waals surface area contributed by atoms with Gasteiger partial charge < -0.3 is 0 Å². The lowest BCUT2D eigenvalue weighted by molar-refractivity contribution is 0.434. The van der Waals surface area contributed by atoms with Crippen LogP contribution in [0.3, 0.4) is 0 Å². The average molecular weight is 348 g/mol. The molecule has 0 aliphatic rings. The summed E-state index contributed by atoms with van der Waals surface area (Å²) in [5, 5.41) is 0. The minimum Gasteiger partial charge on any atom is -0.202 e. The van der Waals surface area contributed by atoms with Gasteiger partial charge in [0.15, 0.2) is 0 Å². The predicted octanol–water partition coefficient (Wildman–Crippen LogP) is 1.77. The number of nitrogens with one attached hydrogen (secondary N) is 1. The van der Waals surface area contributed by atoms with E-state index >= 15 is 0 Å². The molecule has 0 aliphatic heterocycles. The zero-order chi connectivity index (χ0) is 11.7. The third-order valence-electron chi connectivity index (χ3n) is 2.14. The molecule has 0 fully saturated rings. The summed E-state index contributed by atoms with van der Waals surface area (Å²) < 4.78 is 28.5. The number of unbranched alkanes of at least 4 members (excludes halogenated alkanes) is 2. The third kappa shape index (κ3) is 6.70. The lowest BCUT2D eigenvalue weighted by atomic mass is 10.3. The first-order valence-electron chi connectivity index (χ1n) is 5.39. The molecule has 0 unspecified atom stereocenters. The van der Waals surface area contributed by atoms with Crippen molar-refractivity contribution in [3.05, 3.63) is 0 Å². The molecule has 4 nitrogen and oxygen atoms in total. The number of nitrogens with zero attached hydrogens (tertiary/aromatic N) is 1. The van der Waals surface area contributed by atoms with Gasteiger partial charge in [-0.15, -0.1) is 0 Å². The van der Waals surface area contributed by atoms with E-state index in [9.17, 15) is 8.42 Å². The third-order valence-corrected chi connectivity index (χ3v) is 4.67. The SMILES string of the molecule is CCN(CC)S(=O)(=O)NCCCCCI. The number of rotatable bonds is 9. The van der Waals surface area contributed by atoms with E-state index in [1.807, 2.05) is 13.8 Å². The Labute approximate surface area is 107 Å². The highest BCUT2D eigenvalue weighted by Crippen LogP contribution is 2.00. The molecule has 0 radical (unpaired) electrons. The minimum absolute atomic E-state index is 0.527. The minimum atomic E-state index is -3.23. The molecule has 0 aromatic rings. The van der Waals surface area contributed by atoms with Gasteiger partial charge in [0.2, 0.25) is 0 Å². The largest absolute Gasteiger partial charge is 0.279 e. The summed E-state index contributed by atoms with van der Waals surface area (Å²) in [7, 11) is -3.23. The van der Waals surface area contributed by atoms with Crippen molar-refractivity contribution in [1.29, 1.82) is 0 Å². The number of halogens is 1. The summed E-state index contributed by atoms with van der Waals surface area (Å²) in [6.07, 6.45) is 3.17. The van der Waals surface area contributed by atoms with Gasteiger partial charge in [0.1, 0.15) is 0 Å². The maximum atomic E-state index is 11.6. The fourth-order valence-corrected chi connectivity index (χ4v) is 3.06. The quantitative estimate of drug-likeness (QED) is 0.392. The van der Waals surface area contributed by atoms with Gasteiger partial charge in [-0.2, -0.15) is 12.7 Å². The number of hydrogen-bond donors (Lipinski definition) is 1. The average Bonchev–Trinajstić information content (AvgIpc) is 2.18. The molecular weight excluding hydrogens is 327 g/mol. The molecule has 1 N–H and O–H groups in total. The Morgan fingerprint density at radius 2 is 1.73 bits per heavy atom. The van der Waals surface area contributed by atoms with Gasteiger partial charge in [-0.1, -0.05) is 42.9 Å². The standard InChI is InChI=1S/C9H21IN2O2S/c1-3-12(4-2)15(13,14)11-9-7-5-6-8-10/h11H,3-9H2,1-2H3. The fraction of sp³-hybridized carbons (Fsp3) is 1.00. The van der Waals surface area contributed by atoms with Crippen LogP contribution in [-0.4, -0.2) is 36.8 Å². The maximum absolute atomic E-state index is 11.6. The number of alkyl halides is 1. The van der Waals surface area contributed by atoms with E-state index in [0.717, 1.165) is 23.7 Å². The van der Waals surface area contributed by atoms with Crippen LogP contribution >= 0.6 is 22.6 Å². The van der Waals surface area contributed by atoms with E-state index < -0.39 is 10.2 Å². The molecule has 0 aromatic heterocycles. The molecule has 0 aliphatic carbocycles. The predicted molar refractivity (Wildman–Crippen MR) is 72.6 cm³/mol. The van der Waals surface area contributed by atoms with Gasteiger partial charge in [0.25, 0.3) is 10.2 Å². The fourth-order valence-electron chi connectivity index (χ4n) is 1.25. The van der Waals surface area contributed by atoms with Crippen molar-refractivity contribution in [3.8, 4) is 0 Å². The summed E-state index contributed by atoms with van der Waals surface area (Å²) in [5.74, 6) is 0. The zero-order valence-electron chi connectivity index (χ0n) is 9.50. The van der Waals surface area contributed by atoms with Crippen LogP contribution in [0.15, 0.2) is 0 Å². The summed E-state index contributed by atoms with van der Waals surface area (Å²) in [6.45, 7) is 5.30. The van der Waals surface area contributed by atoms with Crippen molar-refractivity contribution in [2.45, 2.75) is 33.1 Å². The summed E-state index contributed by atoms with van der Waals surface area (Å²) in [6, 6.07) is 0.